The molecule has 0 saturated carbocycles. The van der Waals surface area contributed by atoms with Crippen molar-refractivity contribution in [3.63, 3.8) is 0 Å². The van der Waals surface area contributed by atoms with Crippen LogP contribution in [-0.2, 0) is 22.7 Å². The number of rotatable bonds is 9. The molecule has 4 rings (SSSR count). The second-order valence-electron chi connectivity index (χ2n) is 8.82. The predicted octanol–water partition coefficient (Wildman–Crippen LogP) is 4.84. The number of benzene rings is 3. The van der Waals surface area contributed by atoms with Gasteiger partial charge in [0, 0.05) is 31.6 Å². The molecule has 36 heavy (non-hydrogen) atoms. The highest BCUT2D eigenvalue weighted by atomic mass is 16.5. The Morgan fingerprint density at radius 1 is 0.917 bits per heavy atom. The molecule has 6 heteroatoms. The number of methoxy groups -OCH3 is 1. The van der Waals surface area contributed by atoms with Gasteiger partial charge in [0.05, 0.1) is 7.11 Å². The molecule has 2 amide bonds. The molecule has 0 unspecified atom stereocenters. The third-order valence-electron chi connectivity index (χ3n) is 6.33. The largest absolute Gasteiger partial charge is 0.493 e. The van der Waals surface area contributed by atoms with Gasteiger partial charge in [-0.2, -0.15) is 0 Å². The number of hydrogen-bond acceptors (Lipinski definition) is 4. The number of hydrogen-bond donors (Lipinski definition) is 1. The van der Waals surface area contributed by atoms with Crippen molar-refractivity contribution in [2.75, 3.05) is 20.2 Å². The van der Waals surface area contributed by atoms with Crippen LogP contribution in [0.1, 0.15) is 29.5 Å². The fourth-order valence-electron chi connectivity index (χ4n) is 4.21. The summed E-state index contributed by atoms with van der Waals surface area (Å²) in [6, 6.07) is 25.4. The molecule has 6 nitrogen and oxygen atoms in total. The Bertz CT molecular complexity index is 1170. The van der Waals surface area contributed by atoms with Crippen molar-refractivity contribution in [1.29, 1.82) is 0 Å². The summed E-state index contributed by atoms with van der Waals surface area (Å²) in [6.07, 6.45) is 4.75. The Kier molecular flexibility index (Phi) is 8.76. The summed E-state index contributed by atoms with van der Waals surface area (Å²) >= 11 is 0. The van der Waals surface area contributed by atoms with E-state index >= 15 is 0 Å². The third-order valence-corrected chi connectivity index (χ3v) is 6.33. The summed E-state index contributed by atoms with van der Waals surface area (Å²) in [7, 11) is 1.61. The summed E-state index contributed by atoms with van der Waals surface area (Å²) < 4.78 is 11.4. The van der Waals surface area contributed by atoms with Crippen molar-refractivity contribution in [2.45, 2.75) is 26.0 Å². The second-order valence-corrected chi connectivity index (χ2v) is 8.82. The first kappa shape index (κ1) is 25.0. The molecule has 1 heterocycles. The summed E-state index contributed by atoms with van der Waals surface area (Å²) in [6.45, 7) is 2.03. The van der Waals surface area contributed by atoms with Crippen molar-refractivity contribution in [3.8, 4) is 11.5 Å². The molecule has 0 aliphatic carbocycles. The van der Waals surface area contributed by atoms with Crippen LogP contribution in [0.25, 0.3) is 6.08 Å². The third kappa shape index (κ3) is 6.98. The molecule has 3 aromatic carbocycles. The van der Waals surface area contributed by atoms with Gasteiger partial charge in [-0.1, -0.05) is 66.7 Å². The molecule has 0 atom stereocenters. The van der Waals surface area contributed by atoms with Gasteiger partial charge in [-0.3, -0.25) is 9.59 Å². The zero-order valence-electron chi connectivity index (χ0n) is 20.6. The van der Waals surface area contributed by atoms with E-state index in [1.807, 2.05) is 89.8 Å². The maximum Gasteiger partial charge on any atom is 0.246 e. The van der Waals surface area contributed by atoms with Crippen molar-refractivity contribution < 1.29 is 19.1 Å². The summed E-state index contributed by atoms with van der Waals surface area (Å²) in [5, 5.41) is 3.04. The highest BCUT2D eigenvalue weighted by molar-refractivity contribution is 5.92. The number of nitrogens with one attached hydrogen (secondary N) is 1. The lowest BCUT2D eigenvalue weighted by molar-refractivity contribution is -0.132. The minimum absolute atomic E-state index is 0.0145. The summed E-state index contributed by atoms with van der Waals surface area (Å²) in [5.74, 6) is 1.20. The molecule has 1 fully saturated rings. The maximum absolute atomic E-state index is 12.8. The second kappa shape index (κ2) is 12.6. The lowest BCUT2D eigenvalue weighted by Gasteiger charge is -2.30. The molecular formula is C30H32N2O4. The van der Waals surface area contributed by atoms with E-state index in [2.05, 4.69) is 5.32 Å². The van der Waals surface area contributed by atoms with Crippen LogP contribution in [0, 0.1) is 5.92 Å². The highest BCUT2D eigenvalue weighted by Gasteiger charge is 2.26. The van der Waals surface area contributed by atoms with Gasteiger partial charge < -0.3 is 19.7 Å². The Morgan fingerprint density at radius 2 is 1.61 bits per heavy atom. The maximum atomic E-state index is 12.8. The van der Waals surface area contributed by atoms with E-state index in [1.165, 1.54) is 0 Å². The van der Waals surface area contributed by atoms with Crippen LogP contribution in [0.5, 0.6) is 11.5 Å². The van der Waals surface area contributed by atoms with E-state index in [0.717, 1.165) is 16.7 Å². The Hall–Kier alpha value is -4.06. The van der Waals surface area contributed by atoms with Gasteiger partial charge in [-0.05, 0) is 47.7 Å². The Morgan fingerprint density at radius 3 is 2.31 bits per heavy atom. The minimum Gasteiger partial charge on any atom is -0.493 e. The van der Waals surface area contributed by atoms with Crippen LogP contribution < -0.4 is 14.8 Å². The van der Waals surface area contributed by atoms with Crippen LogP contribution in [0.3, 0.4) is 0 Å². The highest BCUT2D eigenvalue weighted by Crippen LogP contribution is 2.29. The number of nitrogens with zero attached hydrogens (tertiary/aromatic N) is 1. The van der Waals surface area contributed by atoms with Crippen LogP contribution in [0.4, 0.5) is 0 Å². The number of amides is 2. The van der Waals surface area contributed by atoms with Crippen molar-refractivity contribution >= 4 is 17.9 Å². The zero-order chi connectivity index (χ0) is 25.2. The van der Waals surface area contributed by atoms with E-state index in [-0.39, 0.29) is 17.7 Å². The Labute approximate surface area is 212 Å². The number of ether oxygens (including phenoxy) is 2. The molecule has 1 N–H and O–H groups in total. The molecule has 1 aliphatic rings. The molecule has 1 saturated heterocycles. The molecule has 0 spiro atoms. The van der Waals surface area contributed by atoms with E-state index in [1.54, 1.807) is 13.2 Å². The quantitative estimate of drug-likeness (QED) is 0.441. The fourth-order valence-corrected chi connectivity index (χ4v) is 4.21. The zero-order valence-corrected chi connectivity index (χ0v) is 20.6. The van der Waals surface area contributed by atoms with Gasteiger partial charge in [0.15, 0.2) is 11.5 Å². The van der Waals surface area contributed by atoms with Crippen molar-refractivity contribution in [2.24, 2.45) is 5.92 Å². The van der Waals surface area contributed by atoms with Gasteiger partial charge in [0.1, 0.15) is 6.61 Å². The van der Waals surface area contributed by atoms with Crippen molar-refractivity contribution in [1.82, 2.24) is 10.2 Å². The van der Waals surface area contributed by atoms with Crippen LogP contribution in [-0.4, -0.2) is 36.9 Å². The number of carbonyl (C=O) groups is 2. The first-order valence-electron chi connectivity index (χ1n) is 12.3. The first-order chi connectivity index (χ1) is 17.6. The van der Waals surface area contributed by atoms with Crippen molar-refractivity contribution in [3.05, 3.63) is 102 Å². The predicted molar refractivity (Wildman–Crippen MR) is 140 cm³/mol. The fraction of sp³-hybridized carbons (Fsp3) is 0.267. The number of carbonyl (C=O) groups excluding carboxylic acids is 2. The smallest absolute Gasteiger partial charge is 0.246 e. The van der Waals surface area contributed by atoms with Crippen LogP contribution >= 0.6 is 0 Å². The van der Waals surface area contributed by atoms with Gasteiger partial charge in [0.25, 0.3) is 0 Å². The lowest BCUT2D eigenvalue weighted by atomic mass is 9.95. The lowest BCUT2D eigenvalue weighted by Crippen LogP contribution is -2.42. The van der Waals surface area contributed by atoms with Gasteiger partial charge >= 0.3 is 0 Å². The average molecular weight is 485 g/mol. The molecule has 186 valence electrons. The number of likely N-dealkylation sites (tertiary alicyclic amines) is 1. The van der Waals surface area contributed by atoms with Gasteiger partial charge in [0.2, 0.25) is 11.8 Å². The number of piperidine rings is 1. The average Bonchev–Trinajstić information content (AvgIpc) is 2.94. The molecule has 3 aromatic rings. The molecule has 0 radical (unpaired) electrons. The van der Waals surface area contributed by atoms with E-state index in [9.17, 15) is 9.59 Å². The van der Waals surface area contributed by atoms with Crippen LogP contribution in [0.15, 0.2) is 84.9 Å². The summed E-state index contributed by atoms with van der Waals surface area (Å²) in [5.41, 5.74) is 3.01. The summed E-state index contributed by atoms with van der Waals surface area (Å²) in [4.78, 5) is 27.1. The molecule has 0 bridgehead atoms. The Balaban J connectivity index is 1.23. The standard InChI is InChI=1S/C30H32N2O4/c1-35-28-20-25(12-14-27(28)36-22-24-10-6-3-7-11-24)21-31-30(34)26-16-18-32(19-17-26)29(33)15-13-23-8-4-2-5-9-23/h2-15,20,26H,16-19,21-22H2,1H3,(H,31,34)/b15-13+. The van der Waals surface area contributed by atoms with E-state index < -0.39 is 0 Å². The van der Waals surface area contributed by atoms with E-state index in [0.29, 0.717) is 50.6 Å². The topological polar surface area (TPSA) is 67.9 Å². The molecular weight excluding hydrogens is 452 g/mol. The normalized spacial score (nSPS) is 14.0. The van der Waals surface area contributed by atoms with Crippen LogP contribution in [0.2, 0.25) is 0 Å². The minimum atomic E-state index is -0.0949. The van der Waals surface area contributed by atoms with Gasteiger partial charge in [-0.25, -0.2) is 0 Å². The molecule has 0 aromatic heterocycles. The monoisotopic (exact) mass is 484 g/mol. The van der Waals surface area contributed by atoms with E-state index in [4.69, 9.17) is 9.47 Å². The van der Waals surface area contributed by atoms with Gasteiger partial charge in [-0.15, -0.1) is 0 Å². The molecule has 1 aliphatic heterocycles. The SMILES string of the molecule is COc1cc(CNC(=O)C2CCN(C(=O)/C=C/c3ccccc3)CC2)ccc1OCc1ccccc1. The first-order valence-corrected chi connectivity index (χ1v) is 12.3.